The average molecular weight is 287 g/mol. The Labute approximate surface area is 122 Å². The summed E-state index contributed by atoms with van der Waals surface area (Å²) in [6, 6.07) is 11.4. The van der Waals surface area contributed by atoms with Crippen molar-refractivity contribution in [3.05, 3.63) is 53.3 Å². The topological polar surface area (TPSA) is 51.5 Å². The SMILES string of the molecule is COc1cc(C#N)cc(OCc2ccc(OC)cc2F)c1. The summed E-state index contributed by atoms with van der Waals surface area (Å²) in [5.74, 6) is 1.00. The van der Waals surface area contributed by atoms with Gasteiger partial charge in [0.2, 0.25) is 0 Å². The smallest absolute Gasteiger partial charge is 0.133 e. The number of nitriles is 1. The number of benzene rings is 2. The van der Waals surface area contributed by atoms with E-state index in [1.165, 1.54) is 20.3 Å². The Hall–Kier alpha value is -2.74. The van der Waals surface area contributed by atoms with Gasteiger partial charge in [-0.15, -0.1) is 0 Å². The molecule has 0 saturated carbocycles. The standard InChI is InChI=1S/C16H14FNO3/c1-19-13-4-3-12(16(17)8-13)10-21-15-6-11(9-18)5-14(7-15)20-2/h3-8H,10H2,1-2H3. The zero-order valence-electron chi connectivity index (χ0n) is 11.7. The molecule has 2 aromatic carbocycles. The van der Waals surface area contributed by atoms with Crippen LogP contribution >= 0.6 is 0 Å². The van der Waals surface area contributed by atoms with Crippen molar-refractivity contribution in [3.63, 3.8) is 0 Å². The van der Waals surface area contributed by atoms with Crippen LogP contribution in [-0.2, 0) is 6.61 Å². The normalized spacial score (nSPS) is 9.81. The fraction of sp³-hybridized carbons (Fsp3) is 0.188. The van der Waals surface area contributed by atoms with Gasteiger partial charge < -0.3 is 14.2 Å². The second kappa shape index (κ2) is 6.62. The lowest BCUT2D eigenvalue weighted by atomic mass is 10.2. The summed E-state index contributed by atoms with van der Waals surface area (Å²) in [5.41, 5.74) is 0.816. The molecular formula is C16H14FNO3. The molecule has 0 N–H and O–H groups in total. The van der Waals surface area contributed by atoms with Crippen molar-refractivity contribution in [1.29, 1.82) is 5.26 Å². The first-order chi connectivity index (χ1) is 10.2. The number of ether oxygens (including phenoxy) is 3. The van der Waals surface area contributed by atoms with Gasteiger partial charge in [-0.1, -0.05) is 0 Å². The molecule has 0 aliphatic heterocycles. The molecule has 0 saturated heterocycles. The predicted octanol–water partition coefficient (Wildman–Crippen LogP) is 3.29. The minimum atomic E-state index is -0.405. The van der Waals surface area contributed by atoms with Crippen LogP contribution in [0, 0.1) is 17.1 Å². The van der Waals surface area contributed by atoms with Gasteiger partial charge in [0.05, 0.1) is 25.9 Å². The molecule has 21 heavy (non-hydrogen) atoms. The van der Waals surface area contributed by atoms with Crippen molar-refractivity contribution in [2.45, 2.75) is 6.61 Å². The molecule has 0 unspecified atom stereocenters. The molecule has 108 valence electrons. The summed E-state index contributed by atoms with van der Waals surface area (Å²) < 4.78 is 29.3. The third-order valence-corrected chi connectivity index (χ3v) is 2.90. The second-order valence-corrected chi connectivity index (χ2v) is 4.26. The number of rotatable bonds is 5. The number of nitrogens with zero attached hydrogens (tertiary/aromatic N) is 1. The van der Waals surface area contributed by atoms with Crippen molar-refractivity contribution in [3.8, 4) is 23.3 Å². The molecule has 0 aliphatic carbocycles. The molecule has 0 spiro atoms. The summed E-state index contributed by atoms with van der Waals surface area (Å²) in [4.78, 5) is 0. The van der Waals surface area contributed by atoms with E-state index >= 15 is 0 Å². The Bertz CT molecular complexity index is 680. The van der Waals surface area contributed by atoms with Gasteiger partial charge >= 0.3 is 0 Å². The van der Waals surface area contributed by atoms with E-state index in [2.05, 4.69) is 0 Å². The maximum Gasteiger partial charge on any atom is 0.133 e. The minimum absolute atomic E-state index is 0.0495. The van der Waals surface area contributed by atoms with Gasteiger partial charge in [0.25, 0.3) is 0 Å². The van der Waals surface area contributed by atoms with Crippen LogP contribution < -0.4 is 14.2 Å². The Kier molecular flexibility index (Phi) is 4.62. The Morgan fingerprint density at radius 3 is 2.33 bits per heavy atom. The summed E-state index contributed by atoms with van der Waals surface area (Å²) in [7, 11) is 2.98. The number of hydrogen-bond donors (Lipinski definition) is 0. The zero-order valence-corrected chi connectivity index (χ0v) is 11.7. The van der Waals surface area contributed by atoms with E-state index in [0.717, 1.165) is 0 Å². The van der Waals surface area contributed by atoms with Gasteiger partial charge in [-0.3, -0.25) is 0 Å². The molecule has 4 nitrogen and oxygen atoms in total. The van der Waals surface area contributed by atoms with E-state index in [1.807, 2.05) is 6.07 Å². The highest BCUT2D eigenvalue weighted by Gasteiger charge is 2.07. The summed E-state index contributed by atoms with van der Waals surface area (Å²) in [5, 5.41) is 8.93. The first kappa shape index (κ1) is 14.7. The molecule has 0 atom stereocenters. The van der Waals surface area contributed by atoms with Gasteiger partial charge in [-0.2, -0.15) is 5.26 Å². The van der Waals surface area contributed by atoms with Gasteiger partial charge in [0.1, 0.15) is 29.7 Å². The van der Waals surface area contributed by atoms with Gasteiger partial charge in [-0.25, -0.2) is 4.39 Å². The molecule has 0 aliphatic rings. The van der Waals surface area contributed by atoms with Crippen LogP contribution in [-0.4, -0.2) is 14.2 Å². The molecule has 0 radical (unpaired) electrons. The summed E-state index contributed by atoms with van der Waals surface area (Å²) in [6.45, 7) is 0.0495. The van der Waals surface area contributed by atoms with E-state index < -0.39 is 5.82 Å². The Morgan fingerprint density at radius 2 is 1.71 bits per heavy atom. The monoisotopic (exact) mass is 287 g/mol. The third kappa shape index (κ3) is 3.63. The molecule has 0 fully saturated rings. The molecule has 0 aromatic heterocycles. The fourth-order valence-corrected chi connectivity index (χ4v) is 1.77. The molecular weight excluding hydrogens is 273 g/mol. The van der Waals surface area contributed by atoms with E-state index in [9.17, 15) is 4.39 Å². The van der Waals surface area contributed by atoms with E-state index in [0.29, 0.717) is 28.4 Å². The molecule has 0 amide bonds. The van der Waals surface area contributed by atoms with Crippen LogP contribution in [0.3, 0.4) is 0 Å². The maximum atomic E-state index is 13.8. The van der Waals surface area contributed by atoms with Crippen molar-refractivity contribution in [2.75, 3.05) is 14.2 Å². The number of halogens is 1. The van der Waals surface area contributed by atoms with Crippen molar-refractivity contribution in [1.82, 2.24) is 0 Å². The van der Waals surface area contributed by atoms with Crippen molar-refractivity contribution >= 4 is 0 Å². The first-order valence-electron chi connectivity index (χ1n) is 6.20. The second-order valence-electron chi connectivity index (χ2n) is 4.26. The average Bonchev–Trinajstić information content (AvgIpc) is 2.53. The molecule has 2 aromatic rings. The molecule has 0 bridgehead atoms. The van der Waals surface area contributed by atoms with Crippen LogP contribution in [0.25, 0.3) is 0 Å². The summed E-state index contributed by atoms with van der Waals surface area (Å²) >= 11 is 0. The highest BCUT2D eigenvalue weighted by molar-refractivity contribution is 5.44. The number of hydrogen-bond acceptors (Lipinski definition) is 4. The Balaban J connectivity index is 2.14. The van der Waals surface area contributed by atoms with Crippen LogP contribution in [0.1, 0.15) is 11.1 Å². The highest BCUT2D eigenvalue weighted by Crippen LogP contribution is 2.24. The van der Waals surface area contributed by atoms with Crippen LogP contribution in [0.5, 0.6) is 17.2 Å². The molecule has 0 heterocycles. The lowest BCUT2D eigenvalue weighted by molar-refractivity contribution is 0.297. The highest BCUT2D eigenvalue weighted by atomic mass is 19.1. The van der Waals surface area contributed by atoms with E-state index in [1.54, 1.807) is 30.3 Å². The molecule has 5 heteroatoms. The predicted molar refractivity (Wildman–Crippen MR) is 75.0 cm³/mol. The Morgan fingerprint density at radius 1 is 1.00 bits per heavy atom. The lowest BCUT2D eigenvalue weighted by Crippen LogP contribution is -1.99. The van der Waals surface area contributed by atoms with Crippen LogP contribution in [0.15, 0.2) is 36.4 Å². The lowest BCUT2D eigenvalue weighted by Gasteiger charge is -2.10. The van der Waals surface area contributed by atoms with Crippen LogP contribution in [0.2, 0.25) is 0 Å². The maximum absolute atomic E-state index is 13.8. The quantitative estimate of drug-likeness (QED) is 0.846. The van der Waals surface area contributed by atoms with Crippen molar-refractivity contribution in [2.24, 2.45) is 0 Å². The van der Waals surface area contributed by atoms with Crippen LogP contribution in [0.4, 0.5) is 4.39 Å². The fourth-order valence-electron chi connectivity index (χ4n) is 1.77. The van der Waals surface area contributed by atoms with E-state index in [4.69, 9.17) is 19.5 Å². The third-order valence-electron chi connectivity index (χ3n) is 2.90. The molecule has 2 rings (SSSR count). The van der Waals surface area contributed by atoms with Gasteiger partial charge in [0, 0.05) is 17.7 Å². The zero-order chi connectivity index (χ0) is 15.2. The van der Waals surface area contributed by atoms with Gasteiger partial charge in [-0.05, 0) is 24.3 Å². The van der Waals surface area contributed by atoms with Gasteiger partial charge in [0.15, 0.2) is 0 Å². The van der Waals surface area contributed by atoms with Crippen molar-refractivity contribution < 1.29 is 18.6 Å². The first-order valence-corrected chi connectivity index (χ1v) is 6.20. The summed E-state index contributed by atoms with van der Waals surface area (Å²) in [6.07, 6.45) is 0. The minimum Gasteiger partial charge on any atom is -0.497 e. The number of methoxy groups -OCH3 is 2. The largest absolute Gasteiger partial charge is 0.497 e. The van der Waals surface area contributed by atoms with E-state index in [-0.39, 0.29) is 6.61 Å².